The zero-order chi connectivity index (χ0) is 30.4. The van der Waals surface area contributed by atoms with Crippen LogP contribution < -0.4 is 15.0 Å². The minimum absolute atomic E-state index is 0.105. The molecule has 2 aromatic carbocycles. The fourth-order valence-electron chi connectivity index (χ4n) is 5.51. The summed E-state index contributed by atoms with van der Waals surface area (Å²) >= 11 is 0. The molecule has 2 aromatic heterocycles. The largest absolute Gasteiger partial charge is 0.493 e. The van der Waals surface area contributed by atoms with Crippen LogP contribution in [0.1, 0.15) is 49.2 Å². The molecule has 0 aliphatic carbocycles. The van der Waals surface area contributed by atoms with Crippen molar-refractivity contribution in [1.82, 2.24) is 9.97 Å². The molecule has 1 aliphatic heterocycles. The monoisotopic (exact) mass is 582 g/mol. The molecule has 1 saturated heterocycles. The van der Waals surface area contributed by atoms with E-state index in [0.717, 1.165) is 65.3 Å². The van der Waals surface area contributed by atoms with Crippen LogP contribution >= 0.6 is 0 Å². The third kappa shape index (κ3) is 7.69. The van der Waals surface area contributed by atoms with Crippen molar-refractivity contribution in [3.63, 3.8) is 0 Å². The summed E-state index contributed by atoms with van der Waals surface area (Å²) in [7, 11) is 0. The van der Waals surface area contributed by atoms with E-state index in [9.17, 15) is 14.3 Å². The van der Waals surface area contributed by atoms with Crippen LogP contribution in [0, 0.1) is 18.2 Å². The standard InChI is InChI=1S/C35H39FN4O3/c1-24-30(22-31(41)42)33(40-19-16-35(2,3)17-20-40)32(34(39-24)38-23-28-6-4-5-18-37-28)26-9-13-29(14-10-26)43-21-15-25-7-11-27(36)12-8-25/h4-14,18H,15-17,19-23H2,1-3H3,(H,38,39)(H,41,42). The second-order valence-electron chi connectivity index (χ2n) is 11.9. The van der Waals surface area contributed by atoms with Crippen LogP contribution in [0.4, 0.5) is 15.9 Å². The van der Waals surface area contributed by atoms with E-state index in [-0.39, 0.29) is 17.7 Å². The number of pyridine rings is 2. The van der Waals surface area contributed by atoms with Crippen LogP contribution in [0.2, 0.25) is 0 Å². The number of carboxylic acids is 1. The molecule has 5 rings (SSSR count). The molecule has 1 aliphatic rings. The number of anilines is 2. The van der Waals surface area contributed by atoms with E-state index in [0.29, 0.717) is 31.1 Å². The highest BCUT2D eigenvalue weighted by atomic mass is 19.1. The molecule has 1 fully saturated rings. The van der Waals surface area contributed by atoms with E-state index in [1.54, 1.807) is 18.3 Å². The maximum absolute atomic E-state index is 13.2. The Bertz CT molecular complexity index is 1530. The van der Waals surface area contributed by atoms with E-state index in [4.69, 9.17) is 9.72 Å². The summed E-state index contributed by atoms with van der Waals surface area (Å²) in [6, 6.07) is 20.1. The van der Waals surface area contributed by atoms with Crippen LogP contribution in [0.3, 0.4) is 0 Å². The number of benzene rings is 2. The fraction of sp³-hybridized carbons (Fsp3) is 0.343. The van der Waals surface area contributed by atoms with E-state index in [2.05, 4.69) is 29.0 Å². The Morgan fingerprint density at radius 2 is 1.77 bits per heavy atom. The van der Waals surface area contributed by atoms with Gasteiger partial charge in [-0.15, -0.1) is 0 Å². The lowest BCUT2D eigenvalue weighted by Crippen LogP contribution is -2.38. The van der Waals surface area contributed by atoms with Crippen molar-refractivity contribution in [2.75, 3.05) is 29.9 Å². The van der Waals surface area contributed by atoms with Gasteiger partial charge in [-0.1, -0.05) is 44.2 Å². The fourth-order valence-corrected chi connectivity index (χ4v) is 5.51. The summed E-state index contributed by atoms with van der Waals surface area (Å²) in [6.45, 7) is 9.08. The Morgan fingerprint density at radius 1 is 1.05 bits per heavy atom. The number of nitrogens with one attached hydrogen (secondary N) is 1. The molecule has 8 heteroatoms. The number of nitrogens with zero attached hydrogens (tertiary/aromatic N) is 3. The highest BCUT2D eigenvalue weighted by molar-refractivity contribution is 5.91. The van der Waals surface area contributed by atoms with Crippen molar-refractivity contribution < 1.29 is 19.0 Å². The molecule has 224 valence electrons. The van der Waals surface area contributed by atoms with Crippen molar-refractivity contribution in [2.24, 2.45) is 5.41 Å². The quantitative estimate of drug-likeness (QED) is 0.195. The molecule has 43 heavy (non-hydrogen) atoms. The normalized spacial score (nSPS) is 14.4. The van der Waals surface area contributed by atoms with E-state index in [1.165, 1.54) is 12.1 Å². The summed E-state index contributed by atoms with van der Waals surface area (Å²) in [5.74, 6) is 0.287. The Kier molecular flexibility index (Phi) is 9.24. The Hall–Kier alpha value is -4.46. The molecule has 2 N–H and O–H groups in total. The van der Waals surface area contributed by atoms with E-state index >= 15 is 0 Å². The van der Waals surface area contributed by atoms with Gasteiger partial charge in [0.15, 0.2) is 0 Å². The van der Waals surface area contributed by atoms with Crippen LogP contribution in [0.5, 0.6) is 5.75 Å². The summed E-state index contributed by atoms with van der Waals surface area (Å²) in [4.78, 5) is 23.8. The Balaban J connectivity index is 1.50. The maximum atomic E-state index is 13.2. The van der Waals surface area contributed by atoms with Crippen LogP contribution in [0.15, 0.2) is 72.9 Å². The topological polar surface area (TPSA) is 87.6 Å². The highest BCUT2D eigenvalue weighted by Gasteiger charge is 2.31. The molecule has 0 amide bonds. The molecule has 0 saturated carbocycles. The summed E-state index contributed by atoms with van der Waals surface area (Å²) < 4.78 is 19.2. The number of rotatable bonds is 11. The summed E-state index contributed by atoms with van der Waals surface area (Å²) in [5, 5.41) is 13.4. The molecule has 7 nitrogen and oxygen atoms in total. The third-order valence-electron chi connectivity index (χ3n) is 8.12. The first-order chi connectivity index (χ1) is 20.7. The lowest BCUT2D eigenvalue weighted by molar-refractivity contribution is -0.136. The molecule has 0 radical (unpaired) electrons. The van der Waals surface area contributed by atoms with Gasteiger partial charge in [-0.2, -0.15) is 0 Å². The molecule has 0 bridgehead atoms. The van der Waals surface area contributed by atoms with Gasteiger partial charge in [0.05, 0.1) is 31.0 Å². The van der Waals surface area contributed by atoms with E-state index < -0.39 is 5.97 Å². The van der Waals surface area contributed by atoms with Crippen LogP contribution in [-0.2, 0) is 24.2 Å². The Labute approximate surface area is 252 Å². The van der Waals surface area contributed by atoms with Crippen molar-refractivity contribution in [2.45, 2.75) is 53.0 Å². The number of halogens is 1. The molecule has 0 unspecified atom stereocenters. The van der Waals surface area contributed by atoms with Crippen LogP contribution in [-0.4, -0.2) is 40.7 Å². The van der Waals surface area contributed by atoms with Gasteiger partial charge in [-0.25, -0.2) is 9.37 Å². The number of piperidine rings is 1. The molecule has 0 atom stereocenters. The van der Waals surface area contributed by atoms with E-state index in [1.807, 2.05) is 49.4 Å². The first-order valence-corrected chi connectivity index (χ1v) is 14.8. The van der Waals surface area contributed by atoms with Gasteiger partial charge in [-0.3, -0.25) is 9.78 Å². The van der Waals surface area contributed by atoms with Gasteiger partial charge < -0.3 is 20.1 Å². The average Bonchev–Trinajstić information content (AvgIpc) is 2.99. The van der Waals surface area contributed by atoms with Gasteiger partial charge in [0, 0.05) is 42.5 Å². The number of aromatic nitrogens is 2. The highest BCUT2D eigenvalue weighted by Crippen LogP contribution is 2.44. The first-order valence-electron chi connectivity index (χ1n) is 14.8. The van der Waals surface area contributed by atoms with Gasteiger partial charge in [0.1, 0.15) is 17.4 Å². The SMILES string of the molecule is Cc1nc(NCc2ccccn2)c(-c2ccc(OCCc3ccc(F)cc3)cc2)c(N2CCC(C)(C)CC2)c1CC(=O)O. The molecular formula is C35H39FN4O3. The Morgan fingerprint density at radius 3 is 2.42 bits per heavy atom. The molecule has 3 heterocycles. The molecular weight excluding hydrogens is 543 g/mol. The van der Waals surface area contributed by atoms with Gasteiger partial charge in [0.25, 0.3) is 0 Å². The number of aryl methyl sites for hydroxylation is 1. The summed E-state index contributed by atoms with van der Waals surface area (Å²) in [6.07, 6.45) is 4.35. The van der Waals surface area contributed by atoms with Crippen molar-refractivity contribution in [3.8, 4) is 16.9 Å². The zero-order valence-electron chi connectivity index (χ0n) is 25.1. The predicted octanol–water partition coefficient (Wildman–Crippen LogP) is 7.08. The minimum atomic E-state index is -0.881. The number of hydrogen-bond acceptors (Lipinski definition) is 6. The smallest absolute Gasteiger partial charge is 0.307 e. The number of carboxylic acid groups (broad SMARTS) is 1. The number of aliphatic carboxylic acids is 1. The zero-order valence-corrected chi connectivity index (χ0v) is 25.1. The number of ether oxygens (including phenoxy) is 1. The second kappa shape index (κ2) is 13.2. The van der Waals surface area contributed by atoms with Gasteiger partial charge in [0.2, 0.25) is 0 Å². The van der Waals surface area contributed by atoms with Gasteiger partial charge in [-0.05, 0) is 72.7 Å². The lowest BCUT2D eigenvalue weighted by atomic mass is 9.82. The third-order valence-corrected chi connectivity index (χ3v) is 8.12. The number of carbonyl (C=O) groups is 1. The second-order valence-corrected chi connectivity index (χ2v) is 11.9. The first kappa shape index (κ1) is 30.0. The molecule has 0 spiro atoms. The van der Waals surface area contributed by atoms with Gasteiger partial charge >= 0.3 is 5.97 Å². The van der Waals surface area contributed by atoms with Crippen molar-refractivity contribution in [1.29, 1.82) is 0 Å². The number of hydrogen-bond donors (Lipinski definition) is 2. The van der Waals surface area contributed by atoms with Crippen LogP contribution in [0.25, 0.3) is 11.1 Å². The maximum Gasteiger partial charge on any atom is 0.307 e. The summed E-state index contributed by atoms with van der Waals surface area (Å²) in [5.41, 5.74) is 6.31. The predicted molar refractivity (Wildman–Crippen MR) is 168 cm³/mol. The average molecular weight is 583 g/mol. The molecule has 4 aromatic rings. The van der Waals surface area contributed by atoms with Crippen molar-refractivity contribution >= 4 is 17.5 Å². The van der Waals surface area contributed by atoms with Crippen molar-refractivity contribution in [3.05, 3.63) is 101 Å². The minimum Gasteiger partial charge on any atom is -0.493 e. The lowest BCUT2D eigenvalue weighted by Gasteiger charge is -2.40.